The highest BCUT2D eigenvalue weighted by Crippen LogP contribution is 2.15. The van der Waals surface area contributed by atoms with Gasteiger partial charge >= 0.3 is 0 Å². The number of oxime groups is 1. The van der Waals surface area contributed by atoms with E-state index in [-0.39, 0.29) is 5.84 Å². The van der Waals surface area contributed by atoms with E-state index >= 15 is 0 Å². The van der Waals surface area contributed by atoms with Crippen LogP contribution in [0, 0.1) is 0 Å². The predicted molar refractivity (Wildman–Crippen MR) is 86.1 cm³/mol. The average Bonchev–Trinajstić information content (AvgIpc) is 2.47. The van der Waals surface area contributed by atoms with Gasteiger partial charge in [0.1, 0.15) is 5.69 Å². The van der Waals surface area contributed by atoms with Crippen LogP contribution in [0.15, 0.2) is 52.2 Å². The average molecular weight is 349 g/mol. The van der Waals surface area contributed by atoms with Gasteiger partial charge in [-0.3, -0.25) is 9.88 Å². The first-order valence-corrected chi connectivity index (χ1v) is 7.24. The van der Waals surface area contributed by atoms with Crippen molar-refractivity contribution < 1.29 is 5.21 Å². The van der Waals surface area contributed by atoms with Crippen molar-refractivity contribution in [2.45, 2.75) is 13.1 Å². The number of rotatable bonds is 5. The summed E-state index contributed by atoms with van der Waals surface area (Å²) in [6, 6.07) is 12.0. The second-order valence-corrected chi connectivity index (χ2v) is 5.71. The molecule has 0 spiro atoms. The van der Waals surface area contributed by atoms with Gasteiger partial charge in [-0.15, -0.1) is 0 Å². The van der Waals surface area contributed by atoms with Crippen LogP contribution in [0.4, 0.5) is 0 Å². The maximum atomic E-state index is 8.82. The third-order valence-electron chi connectivity index (χ3n) is 3.02. The first kappa shape index (κ1) is 15.5. The molecule has 0 radical (unpaired) electrons. The zero-order chi connectivity index (χ0) is 15.2. The molecule has 5 nitrogen and oxygen atoms in total. The van der Waals surface area contributed by atoms with Gasteiger partial charge in [0.25, 0.3) is 0 Å². The largest absolute Gasteiger partial charge is 0.409 e. The van der Waals surface area contributed by atoms with Gasteiger partial charge < -0.3 is 10.9 Å². The second kappa shape index (κ2) is 7.19. The first-order valence-electron chi connectivity index (χ1n) is 6.45. The summed E-state index contributed by atoms with van der Waals surface area (Å²) in [6.07, 6.45) is 1.63. The summed E-state index contributed by atoms with van der Waals surface area (Å²) in [5.41, 5.74) is 8.30. The van der Waals surface area contributed by atoms with E-state index in [1.807, 2.05) is 31.3 Å². The number of hydrogen-bond donors (Lipinski definition) is 2. The molecule has 0 amide bonds. The molecular weight excluding hydrogens is 332 g/mol. The van der Waals surface area contributed by atoms with E-state index in [2.05, 4.69) is 43.1 Å². The lowest BCUT2D eigenvalue weighted by Gasteiger charge is -2.18. The fraction of sp³-hybridized carbons (Fsp3) is 0.200. The third-order valence-corrected chi connectivity index (χ3v) is 3.52. The monoisotopic (exact) mass is 348 g/mol. The number of pyridine rings is 1. The Balaban J connectivity index is 2.11. The van der Waals surface area contributed by atoms with Gasteiger partial charge in [0, 0.05) is 23.8 Å². The van der Waals surface area contributed by atoms with Crippen LogP contribution in [0.2, 0.25) is 0 Å². The van der Waals surface area contributed by atoms with Crippen LogP contribution in [0.25, 0.3) is 0 Å². The molecule has 2 aromatic rings. The molecule has 3 N–H and O–H groups in total. The molecule has 0 atom stereocenters. The number of nitrogens with zero attached hydrogens (tertiary/aromatic N) is 3. The van der Waals surface area contributed by atoms with E-state index in [1.54, 1.807) is 6.20 Å². The molecule has 6 heteroatoms. The Bertz CT molecular complexity index is 645. The maximum absolute atomic E-state index is 8.82. The molecule has 1 aromatic carbocycles. The molecule has 0 saturated carbocycles. The quantitative estimate of drug-likeness (QED) is 0.377. The standard InChI is InChI=1S/C15H17BrN4O/c1-20(9-11-4-2-6-13(16)8-11)10-12-5-3-7-18-14(12)15(17)19-21/h2-8,21H,9-10H2,1H3,(H2,17,19). The van der Waals surface area contributed by atoms with Crippen molar-refractivity contribution in [1.82, 2.24) is 9.88 Å². The Kier molecular flexibility index (Phi) is 5.30. The summed E-state index contributed by atoms with van der Waals surface area (Å²) in [7, 11) is 2.02. The highest BCUT2D eigenvalue weighted by molar-refractivity contribution is 9.10. The number of benzene rings is 1. The molecule has 1 aromatic heterocycles. The number of halogens is 1. The Morgan fingerprint density at radius 1 is 1.33 bits per heavy atom. The van der Waals surface area contributed by atoms with E-state index in [0.29, 0.717) is 12.2 Å². The summed E-state index contributed by atoms with van der Waals surface area (Å²) in [6.45, 7) is 1.45. The van der Waals surface area contributed by atoms with E-state index in [1.165, 1.54) is 5.56 Å². The lowest BCUT2D eigenvalue weighted by Crippen LogP contribution is -2.22. The van der Waals surface area contributed by atoms with Crippen LogP contribution < -0.4 is 5.73 Å². The molecule has 110 valence electrons. The SMILES string of the molecule is CN(Cc1cccc(Br)c1)Cc1cccnc1C(N)=NO. The molecular formula is C15H17BrN4O. The Hall–Kier alpha value is -1.92. The minimum atomic E-state index is 0.0291. The van der Waals surface area contributed by atoms with Crippen molar-refractivity contribution >= 4 is 21.8 Å². The minimum absolute atomic E-state index is 0.0291. The first-order chi connectivity index (χ1) is 10.1. The van der Waals surface area contributed by atoms with E-state index in [4.69, 9.17) is 10.9 Å². The summed E-state index contributed by atoms with van der Waals surface area (Å²) in [5, 5.41) is 11.8. The molecule has 0 saturated heterocycles. The summed E-state index contributed by atoms with van der Waals surface area (Å²) >= 11 is 3.47. The smallest absolute Gasteiger partial charge is 0.189 e. The highest BCUT2D eigenvalue weighted by Gasteiger charge is 2.10. The third kappa shape index (κ3) is 4.27. The van der Waals surface area contributed by atoms with Gasteiger partial charge in [-0.05, 0) is 36.4 Å². The van der Waals surface area contributed by atoms with Crippen LogP contribution in [-0.2, 0) is 13.1 Å². The van der Waals surface area contributed by atoms with Crippen LogP contribution >= 0.6 is 15.9 Å². The van der Waals surface area contributed by atoms with Crippen molar-refractivity contribution in [2.24, 2.45) is 10.9 Å². The number of amidine groups is 1. The lowest BCUT2D eigenvalue weighted by atomic mass is 10.1. The zero-order valence-corrected chi connectivity index (χ0v) is 13.3. The Morgan fingerprint density at radius 2 is 2.14 bits per heavy atom. The molecule has 1 heterocycles. The highest BCUT2D eigenvalue weighted by atomic mass is 79.9. The molecule has 0 aliphatic carbocycles. The van der Waals surface area contributed by atoms with Crippen molar-refractivity contribution in [1.29, 1.82) is 0 Å². The van der Waals surface area contributed by atoms with Gasteiger partial charge in [-0.1, -0.05) is 39.3 Å². The number of hydrogen-bond acceptors (Lipinski definition) is 4. The topological polar surface area (TPSA) is 74.7 Å². The summed E-state index contributed by atoms with van der Waals surface area (Å²) in [4.78, 5) is 6.32. The van der Waals surface area contributed by atoms with Crippen LogP contribution in [0.3, 0.4) is 0 Å². The van der Waals surface area contributed by atoms with Crippen LogP contribution in [-0.4, -0.2) is 28.0 Å². The summed E-state index contributed by atoms with van der Waals surface area (Å²) in [5.74, 6) is 0.0291. The fourth-order valence-corrected chi connectivity index (χ4v) is 2.58. The lowest BCUT2D eigenvalue weighted by molar-refractivity contribution is 0.314. The van der Waals surface area contributed by atoms with Gasteiger partial charge in [0.15, 0.2) is 5.84 Å². The van der Waals surface area contributed by atoms with Crippen molar-refractivity contribution in [3.8, 4) is 0 Å². The molecule has 0 fully saturated rings. The maximum Gasteiger partial charge on any atom is 0.189 e. The minimum Gasteiger partial charge on any atom is -0.409 e. The number of nitrogens with two attached hydrogens (primary N) is 1. The van der Waals surface area contributed by atoms with Crippen molar-refractivity contribution in [3.05, 3.63) is 63.9 Å². The molecule has 0 aliphatic heterocycles. The van der Waals surface area contributed by atoms with Gasteiger partial charge in [-0.2, -0.15) is 0 Å². The molecule has 0 unspecified atom stereocenters. The number of aromatic nitrogens is 1. The summed E-state index contributed by atoms with van der Waals surface area (Å²) < 4.78 is 1.06. The molecule has 2 rings (SSSR count). The van der Waals surface area contributed by atoms with E-state index in [9.17, 15) is 0 Å². The normalized spacial score (nSPS) is 11.9. The van der Waals surface area contributed by atoms with Gasteiger partial charge in [0.05, 0.1) is 0 Å². The fourth-order valence-electron chi connectivity index (χ4n) is 2.14. The Morgan fingerprint density at radius 3 is 2.86 bits per heavy atom. The van der Waals surface area contributed by atoms with Gasteiger partial charge in [-0.25, -0.2) is 0 Å². The van der Waals surface area contributed by atoms with Gasteiger partial charge in [0.2, 0.25) is 0 Å². The molecule has 0 aliphatic rings. The molecule has 0 bridgehead atoms. The van der Waals surface area contributed by atoms with Crippen LogP contribution in [0.5, 0.6) is 0 Å². The van der Waals surface area contributed by atoms with Crippen molar-refractivity contribution in [3.63, 3.8) is 0 Å². The van der Waals surface area contributed by atoms with E-state index < -0.39 is 0 Å². The zero-order valence-electron chi connectivity index (χ0n) is 11.7. The van der Waals surface area contributed by atoms with Crippen LogP contribution in [0.1, 0.15) is 16.8 Å². The predicted octanol–water partition coefficient (Wildman–Crippen LogP) is 2.57. The van der Waals surface area contributed by atoms with Crippen molar-refractivity contribution in [2.75, 3.05) is 7.05 Å². The van der Waals surface area contributed by atoms with E-state index in [0.717, 1.165) is 16.6 Å². The second-order valence-electron chi connectivity index (χ2n) is 4.80. The molecule has 21 heavy (non-hydrogen) atoms. The Labute approximate surface area is 132 Å².